The predicted octanol–water partition coefficient (Wildman–Crippen LogP) is 2.88. The molecule has 0 spiro atoms. The SMILES string of the molecule is NC(=O)C1CCC(NC(=O)c2ccc(Cl)c(Br)c2)CC1. The van der Waals surface area contributed by atoms with Gasteiger partial charge in [-0.25, -0.2) is 0 Å². The molecule has 0 saturated heterocycles. The summed E-state index contributed by atoms with van der Waals surface area (Å²) in [7, 11) is 0. The second-order valence-electron chi connectivity index (χ2n) is 5.05. The van der Waals surface area contributed by atoms with Gasteiger partial charge in [-0.05, 0) is 59.8 Å². The number of nitrogens with one attached hydrogen (secondary N) is 1. The van der Waals surface area contributed by atoms with Crippen LogP contribution in [0.15, 0.2) is 22.7 Å². The highest BCUT2D eigenvalue weighted by Gasteiger charge is 2.25. The zero-order valence-corrected chi connectivity index (χ0v) is 13.2. The Labute approximate surface area is 131 Å². The molecule has 1 saturated carbocycles. The van der Waals surface area contributed by atoms with Crippen molar-refractivity contribution >= 4 is 39.3 Å². The van der Waals surface area contributed by atoms with Crippen molar-refractivity contribution in [3.63, 3.8) is 0 Å². The van der Waals surface area contributed by atoms with Gasteiger partial charge in [-0.1, -0.05) is 11.6 Å². The molecule has 2 rings (SSSR count). The number of carbonyl (C=O) groups excluding carboxylic acids is 2. The Morgan fingerprint density at radius 2 is 1.90 bits per heavy atom. The van der Waals surface area contributed by atoms with E-state index in [-0.39, 0.29) is 23.8 Å². The molecule has 6 heteroatoms. The second-order valence-corrected chi connectivity index (χ2v) is 6.31. The summed E-state index contributed by atoms with van der Waals surface area (Å²) in [6.45, 7) is 0. The number of nitrogens with two attached hydrogens (primary N) is 1. The van der Waals surface area contributed by atoms with Gasteiger partial charge in [0.2, 0.25) is 5.91 Å². The third-order valence-corrected chi connectivity index (χ3v) is 4.86. The average Bonchev–Trinajstić information content (AvgIpc) is 2.42. The van der Waals surface area contributed by atoms with Gasteiger partial charge in [-0.15, -0.1) is 0 Å². The van der Waals surface area contributed by atoms with E-state index in [2.05, 4.69) is 21.2 Å². The minimum atomic E-state index is -0.239. The zero-order valence-electron chi connectivity index (χ0n) is 10.9. The van der Waals surface area contributed by atoms with Crippen LogP contribution < -0.4 is 11.1 Å². The predicted molar refractivity (Wildman–Crippen MR) is 81.6 cm³/mol. The van der Waals surface area contributed by atoms with Crippen molar-refractivity contribution in [3.05, 3.63) is 33.3 Å². The van der Waals surface area contributed by atoms with Gasteiger partial charge in [0.05, 0.1) is 5.02 Å². The lowest BCUT2D eigenvalue weighted by atomic mass is 9.85. The highest BCUT2D eigenvalue weighted by Crippen LogP contribution is 2.25. The van der Waals surface area contributed by atoms with E-state index in [1.165, 1.54) is 0 Å². The van der Waals surface area contributed by atoms with E-state index in [1.54, 1.807) is 18.2 Å². The van der Waals surface area contributed by atoms with Crippen molar-refractivity contribution < 1.29 is 9.59 Å². The lowest BCUT2D eigenvalue weighted by molar-refractivity contribution is -0.122. The Kier molecular flexibility index (Phi) is 5.05. The number of halogens is 2. The van der Waals surface area contributed by atoms with E-state index in [1.807, 2.05) is 0 Å². The molecule has 3 N–H and O–H groups in total. The highest BCUT2D eigenvalue weighted by atomic mass is 79.9. The maximum atomic E-state index is 12.1. The summed E-state index contributed by atoms with van der Waals surface area (Å²) in [5.74, 6) is -0.408. The zero-order chi connectivity index (χ0) is 14.7. The third-order valence-electron chi connectivity index (χ3n) is 3.65. The smallest absolute Gasteiger partial charge is 0.251 e. The van der Waals surface area contributed by atoms with Crippen molar-refractivity contribution in [3.8, 4) is 0 Å². The van der Waals surface area contributed by atoms with Crippen LogP contribution in [0.25, 0.3) is 0 Å². The maximum absolute atomic E-state index is 12.1. The summed E-state index contributed by atoms with van der Waals surface area (Å²) in [5.41, 5.74) is 5.86. The third kappa shape index (κ3) is 3.73. The van der Waals surface area contributed by atoms with Crippen LogP contribution in [0.1, 0.15) is 36.0 Å². The molecule has 1 fully saturated rings. The van der Waals surface area contributed by atoms with Crippen molar-refractivity contribution in [2.24, 2.45) is 11.7 Å². The summed E-state index contributed by atoms with van der Waals surface area (Å²) in [5, 5.41) is 3.56. The van der Waals surface area contributed by atoms with Gasteiger partial charge in [0.15, 0.2) is 0 Å². The lowest BCUT2D eigenvalue weighted by Gasteiger charge is -2.27. The number of hydrogen-bond donors (Lipinski definition) is 2. The summed E-state index contributed by atoms with van der Waals surface area (Å²) in [6.07, 6.45) is 3.05. The van der Waals surface area contributed by atoms with E-state index in [0.717, 1.165) is 25.7 Å². The summed E-state index contributed by atoms with van der Waals surface area (Å²) < 4.78 is 0.698. The number of amides is 2. The summed E-state index contributed by atoms with van der Waals surface area (Å²) >= 11 is 9.20. The van der Waals surface area contributed by atoms with Gasteiger partial charge < -0.3 is 11.1 Å². The van der Waals surface area contributed by atoms with Gasteiger partial charge in [-0.2, -0.15) is 0 Å². The molecular formula is C14H16BrClN2O2. The van der Waals surface area contributed by atoms with Crippen LogP contribution in [0, 0.1) is 5.92 Å². The molecule has 0 aliphatic heterocycles. The molecule has 1 aromatic carbocycles. The largest absolute Gasteiger partial charge is 0.369 e. The molecule has 2 amide bonds. The molecule has 0 bridgehead atoms. The van der Waals surface area contributed by atoms with Gasteiger partial charge in [0.1, 0.15) is 0 Å². The Hall–Kier alpha value is -1.07. The summed E-state index contributed by atoms with van der Waals surface area (Å²) in [4.78, 5) is 23.2. The van der Waals surface area contributed by atoms with Gasteiger partial charge in [-0.3, -0.25) is 9.59 Å². The van der Waals surface area contributed by atoms with Crippen molar-refractivity contribution in [2.45, 2.75) is 31.7 Å². The normalized spacial score (nSPS) is 22.3. The first-order valence-corrected chi connectivity index (χ1v) is 7.69. The van der Waals surface area contributed by atoms with Crippen molar-refractivity contribution in [1.82, 2.24) is 5.32 Å². The molecule has 4 nitrogen and oxygen atoms in total. The number of benzene rings is 1. The Morgan fingerprint density at radius 1 is 1.25 bits per heavy atom. The second kappa shape index (κ2) is 6.59. The van der Waals surface area contributed by atoms with E-state index in [0.29, 0.717) is 15.1 Å². The number of carbonyl (C=O) groups is 2. The van der Waals surface area contributed by atoms with E-state index in [9.17, 15) is 9.59 Å². The van der Waals surface area contributed by atoms with Gasteiger partial charge >= 0.3 is 0 Å². The van der Waals surface area contributed by atoms with Crippen LogP contribution in [0.5, 0.6) is 0 Å². The van der Waals surface area contributed by atoms with Crippen molar-refractivity contribution in [2.75, 3.05) is 0 Å². The number of rotatable bonds is 3. The van der Waals surface area contributed by atoms with E-state index in [4.69, 9.17) is 17.3 Å². The first kappa shape index (κ1) is 15.3. The first-order chi connectivity index (χ1) is 9.47. The molecule has 0 unspecified atom stereocenters. The minimum absolute atomic E-state index is 0.0483. The topological polar surface area (TPSA) is 72.2 Å². The maximum Gasteiger partial charge on any atom is 0.251 e. The standard InChI is InChI=1S/C14H16BrClN2O2/c15-11-7-9(3-6-12(11)16)14(20)18-10-4-1-8(2-5-10)13(17)19/h3,6-8,10H,1-2,4-5H2,(H2,17,19)(H,18,20). The van der Waals surface area contributed by atoms with Gasteiger partial charge in [0, 0.05) is 22.0 Å². The molecule has 1 aromatic rings. The molecule has 0 aromatic heterocycles. The van der Waals surface area contributed by atoms with Crippen LogP contribution in [0.2, 0.25) is 5.02 Å². The fourth-order valence-corrected chi connectivity index (χ4v) is 2.92. The van der Waals surface area contributed by atoms with E-state index >= 15 is 0 Å². The molecule has 0 heterocycles. The quantitative estimate of drug-likeness (QED) is 0.871. The number of primary amides is 1. The number of hydrogen-bond acceptors (Lipinski definition) is 2. The molecule has 0 atom stereocenters. The Morgan fingerprint density at radius 3 is 2.45 bits per heavy atom. The lowest BCUT2D eigenvalue weighted by Crippen LogP contribution is -2.39. The fraction of sp³-hybridized carbons (Fsp3) is 0.429. The van der Waals surface area contributed by atoms with E-state index < -0.39 is 0 Å². The molecule has 20 heavy (non-hydrogen) atoms. The first-order valence-electron chi connectivity index (χ1n) is 6.52. The molecule has 1 aliphatic rings. The van der Waals surface area contributed by atoms with Crippen LogP contribution in [0.4, 0.5) is 0 Å². The molecule has 0 radical (unpaired) electrons. The summed E-state index contributed by atoms with van der Waals surface area (Å²) in [6, 6.07) is 5.18. The van der Waals surface area contributed by atoms with Crippen LogP contribution >= 0.6 is 27.5 Å². The monoisotopic (exact) mass is 358 g/mol. The average molecular weight is 360 g/mol. The van der Waals surface area contributed by atoms with Crippen LogP contribution in [0.3, 0.4) is 0 Å². The Balaban J connectivity index is 1.92. The fourth-order valence-electron chi connectivity index (χ4n) is 2.43. The molecular weight excluding hydrogens is 344 g/mol. The molecule has 108 valence electrons. The van der Waals surface area contributed by atoms with Gasteiger partial charge in [0.25, 0.3) is 5.91 Å². The Bertz CT molecular complexity index is 528. The van der Waals surface area contributed by atoms with Crippen LogP contribution in [-0.4, -0.2) is 17.9 Å². The van der Waals surface area contributed by atoms with Crippen LogP contribution in [-0.2, 0) is 4.79 Å². The minimum Gasteiger partial charge on any atom is -0.369 e. The van der Waals surface area contributed by atoms with Crippen molar-refractivity contribution in [1.29, 1.82) is 0 Å². The highest BCUT2D eigenvalue weighted by molar-refractivity contribution is 9.10. The molecule has 1 aliphatic carbocycles.